The largest absolute Gasteiger partial charge is 0.338 e. The Hall–Kier alpha value is -2.73. The molecular formula is C24H32N6. The van der Waals surface area contributed by atoms with Gasteiger partial charge in [0.25, 0.3) is 0 Å². The van der Waals surface area contributed by atoms with E-state index in [4.69, 9.17) is 0 Å². The molecule has 3 aromatic rings. The number of rotatable bonds is 10. The number of hydrogen-bond acceptors (Lipinski definition) is 5. The van der Waals surface area contributed by atoms with E-state index in [0.29, 0.717) is 0 Å². The molecule has 158 valence electrons. The molecule has 0 amide bonds. The minimum Gasteiger partial charge on any atom is -0.338 e. The zero-order valence-corrected chi connectivity index (χ0v) is 17.7. The molecule has 3 heterocycles. The molecule has 2 aromatic heterocycles. The van der Waals surface area contributed by atoms with Crippen molar-refractivity contribution in [3.8, 4) is 0 Å². The van der Waals surface area contributed by atoms with E-state index in [2.05, 4.69) is 65.9 Å². The Morgan fingerprint density at radius 2 is 1.50 bits per heavy atom. The number of benzene rings is 1. The van der Waals surface area contributed by atoms with Gasteiger partial charge in [0.2, 0.25) is 5.95 Å². The van der Waals surface area contributed by atoms with Crippen LogP contribution in [0.5, 0.6) is 0 Å². The van der Waals surface area contributed by atoms with Crippen molar-refractivity contribution in [3.05, 3.63) is 72.3 Å². The van der Waals surface area contributed by atoms with Gasteiger partial charge in [-0.15, -0.1) is 0 Å². The summed E-state index contributed by atoms with van der Waals surface area (Å²) in [5.41, 5.74) is 2.78. The third-order valence-corrected chi connectivity index (χ3v) is 5.85. The van der Waals surface area contributed by atoms with Crippen LogP contribution in [0.4, 0.5) is 5.95 Å². The molecule has 6 heteroatoms. The molecule has 1 fully saturated rings. The molecule has 1 aromatic carbocycles. The van der Waals surface area contributed by atoms with Gasteiger partial charge in [0.15, 0.2) is 0 Å². The predicted molar refractivity (Wildman–Crippen MR) is 121 cm³/mol. The molecule has 0 bridgehead atoms. The lowest BCUT2D eigenvalue weighted by atomic mass is 10.1. The molecule has 0 saturated carbocycles. The predicted octanol–water partition coefficient (Wildman–Crippen LogP) is 3.45. The van der Waals surface area contributed by atoms with Crippen LogP contribution in [0.25, 0.3) is 0 Å². The molecule has 0 aliphatic carbocycles. The van der Waals surface area contributed by atoms with Gasteiger partial charge in [0.1, 0.15) is 0 Å². The van der Waals surface area contributed by atoms with Gasteiger partial charge >= 0.3 is 0 Å². The molecule has 0 radical (unpaired) electrons. The summed E-state index contributed by atoms with van der Waals surface area (Å²) in [7, 11) is 0. The first-order chi connectivity index (χ1) is 14.9. The van der Waals surface area contributed by atoms with Crippen LogP contribution in [0.1, 0.15) is 30.5 Å². The fourth-order valence-electron chi connectivity index (χ4n) is 4.12. The standard InChI is InChI=1S/C24H32N6/c1-2-8-22(9-3-1)10-6-17-30-23(12-15-27-30)11-4-5-16-28-18-20-29(21-19-28)24-25-13-7-14-26-24/h1-3,7-9,12-15H,4-6,10-11,16-21H2. The van der Waals surface area contributed by atoms with Gasteiger partial charge in [-0.25, -0.2) is 9.97 Å². The third-order valence-electron chi connectivity index (χ3n) is 5.85. The van der Waals surface area contributed by atoms with Gasteiger partial charge in [-0.05, 0) is 56.3 Å². The Kier molecular flexibility index (Phi) is 7.45. The zero-order valence-electron chi connectivity index (χ0n) is 17.7. The Morgan fingerprint density at radius 1 is 0.700 bits per heavy atom. The fraction of sp³-hybridized carbons (Fsp3) is 0.458. The second kappa shape index (κ2) is 10.9. The first-order valence-corrected chi connectivity index (χ1v) is 11.2. The summed E-state index contributed by atoms with van der Waals surface area (Å²) in [5.74, 6) is 0.859. The van der Waals surface area contributed by atoms with Gasteiger partial charge in [-0.3, -0.25) is 9.58 Å². The molecule has 30 heavy (non-hydrogen) atoms. The van der Waals surface area contributed by atoms with Crippen molar-refractivity contribution < 1.29 is 0 Å². The van der Waals surface area contributed by atoms with Gasteiger partial charge in [-0.2, -0.15) is 5.10 Å². The van der Waals surface area contributed by atoms with E-state index in [9.17, 15) is 0 Å². The van der Waals surface area contributed by atoms with Crippen molar-refractivity contribution in [2.24, 2.45) is 0 Å². The summed E-state index contributed by atoms with van der Waals surface area (Å²) < 4.78 is 2.20. The highest BCUT2D eigenvalue weighted by Crippen LogP contribution is 2.12. The van der Waals surface area contributed by atoms with E-state index in [1.165, 1.54) is 30.6 Å². The highest BCUT2D eigenvalue weighted by molar-refractivity contribution is 5.29. The van der Waals surface area contributed by atoms with Crippen LogP contribution in [0.3, 0.4) is 0 Å². The lowest BCUT2D eigenvalue weighted by molar-refractivity contribution is 0.251. The van der Waals surface area contributed by atoms with E-state index >= 15 is 0 Å². The van der Waals surface area contributed by atoms with Crippen LogP contribution in [0.2, 0.25) is 0 Å². The highest BCUT2D eigenvalue weighted by atomic mass is 15.3. The molecule has 4 rings (SSSR count). The van der Waals surface area contributed by atoms with Crippen LogP contribution in [-0.4, -0.2) is 57.4 Å². The Balaban J connectivity index is 1.12. The second-order valence-electron chi connectivity index (χ2n) is 7.97. The van der Waals surface area contributed by atoms with Gasteiger partial charge in [0, 0.05) is 57.0 Å². The maximum Gasteiger partial charge on any atom is 0.225 e. The molecule has 0 N–H and O–H groups in total. The van der Waals surface area contributed by atoms with Crippen molar-refractivity contribution in [1.29, 1.82) is 0 Å². The number of anilines is 1. The van der Waals surface area contributed by atoms with Crippen LogP contribution in [0.15, 0.2) is 61.1 Å². The Bertz CT molecular complexity index is 856. The summed E-state index contributed by atoms with van der Waals surface area (Å²) in [5, 5.41) is 4.54. The summed E-state index contributed by atoms with van der Waals surface area (Å²) in [6.07, 6.45) is 11.4. The SMILES string of the molecule is c1ccc(CCCn2nccc2CCCCN2CCN(c3ncccn3)CC2)cc1. The average molecular weight is 405 g/mol. The van der Waals surface area contributed by atoms with Crippen LogP contribution in [0, 0.1) is 0 Å². The van der Waals surface area contributed by atoms with Crippen LogP contribution in [-0.2, 0) is 19.4 Å². The number of nitrogens with zero attached hydrogens (tertiary/aromatic N) is 6. The zero-order chi connectivity index (χ0) is 20.4. The normalized spacial score (nSPS) is 14.9. The topological polar surface area (TPSA) is 50.1 Å². The van der Waals surface area contributed by atoms with E-state index < -0.39 is 0 Å². The van der Waals surface area contributed by atoms with Crippen LogP contribution >= 0.6 is 0 Å². The van der Waals surface area contributed by atoms with Gasteiger partial charge < -0.3 is 4.90 Å². The number of piperazine rings is 1. The van der Waals surface area contributed by atoms with E-state index in [1.807, 2.05) is 24.7 Å². The molecule has 1 aliphatic heterocycles. The van der Waals surface area contributed by atoms with Crippen molar-refractivity contribution in [2.75, 3.05) is 37.6 Å². The minimum atomic E-state index is 0.859. The maximum absolute atomic E-state index is 4.54. The van der Waals surface area contributed by atoms with Crippen molar-refractivity contribution in [1.82, 2.24) is 24.6 Å². The second-order valence-corrected chi connectivity index (χ2v) is 7.97. The monoisotopic (exact) mass is 404 g/mol. The number of aromatic nitrogens is 4. The Labute approximate surface area is 179 Å². The highest BCUT2D eigenvalue weighted by Gasteiger charge is 2.18. The lowest BCUT2D eigenvalue weighted by Crippen LogP contribution is -2.47. The quantitative estimate of drug-likeness (QED) is 0.485. The third kappa shape index (κ3) is 5.89. The number of unbranched alkanes of at least 4 members (excludes halogenated alkanes) is 1. The van der Waals surface area contributed by atoms with Crippen molar-refractivity contribution >= 4 is 5.95 Å². The van der Waals surface area contributed by atoms with Gasteiger partial charge in [0.05, 0.1) is 0 Å². The van der Waals surface area contributed by atoms with Crippen molar-refractivity contribution in [3.63, 3.8) is 0 Å². The summed E-state index contributed by atoms with van der Waals surface area (Å²) in [4.78, 5) is 13.6. The number of hydrogen-bond donors (Lipinski definition) is 0. The van der Waals surface area contributed by atoms with E-state index in [1.54, 1.807) is 0 Å². The number of aryl methyl sites for hydroxylation is 3. The van der Waals surface area contributed by atoms with Gasteiger partial charge in [-0.1, -0.05) is 30.3 Å². The summed E-state index contributed by atoms with van der Waals surface area (Å²) in [6, 6.07) is 14.8. The molecule has 0 spiro atoms. The summed E-state index contributed by atoms with van der Waals surface area (Å²) in [6.45, 7) is 6.38. The lowest BCUT2D eigenvalue weighted by Gasteiger charge is -2.34. The first kappa shape index (κ1) is 20.5. The summed E-state index contributed by atoms with van der Waals surface area (Å²) >= 11 is 0. The Morgan fingerprint density at radius 3 is 2.30 bits per heavy atom. The van der Waals surface area contributed by atoms with E-state index in [0.717, 1.165) is 57.9 Å². The minimum absolute atomic E-state index is 0.859. The smallest absolute Gasteiger partial charge is 0.225 e. The first-order valence-electron chi connectivity index (χ1n) is 11.2. The van der Waals surface area contributed by atoms with E-state index in [-0.39, 0.29) is 0 Å². The molecule has 0 unspecified atom stereocenters. The molecular weight excluding hydrogens is 372 g/mol. The molecule has 1 aliphatic rings. The fourth-order valence-corrected chi connectivity index (χ4v) is 4.12. The molecule has 6 nitrogen and oxygen atoms in total. The van der Waals surface area contributed by atoms with Crippen molar-refractivity contribution in [2.45, 2.75) is 38.6 Å². The maximum atomic E-state index is 4.54. The van der Waals surface area contributed by atoms with Crippen LogP contribution < -0.4 is 4.90 Å². The average Bonchev–Trinajstić information content (AvgIpc) is 3.26. The molecule has 1 saturated heterocycles. The molecule has 0 atom stereocenters.